The normalized spacial score (nSPS) is 12.3. The molecule has 2 nitrogen and oxygen atoms in total. The fourth-order valence-electron chi connectivity index (χ4n) is 1.72. The van der Waals surface area contributed by atoms with Gasteiger partial charge in [0.1, 0.15) is 5.82 Å². The van der Waals surface area contributed by atoms with Gasteiger partial charge in [-0.3, -0.25) is 4.79 Å². The van der Waals surface area contributed by atoms with Crippen LogP contribution in [0.25, 0.3) is 0 Å². The van der Waals surface area contributed by atoms with Crippen molar-refractivity contribution in [1.29, 1.82) is 0 Å². The van der Waals surface area contributed by atoms with E-state index in [9.17, 15) is 14.3 Å². The van der Waals surface area contributed by atoms with Crippen LogP contribution in [0.5, 0.6) is 0 Å². The average Bonchev–Trinajstić information content (AvgIpc) is 2.79. The minimum absolute atomic E-state index is 0.244. The van der Waals surface area contributed by atoms with Crippen molar-refractivity contribution in [3.8, 4) is 0 Å². The lowest BCUT2D eigenvalue weighted by atomic mass is 9.95. The first-order valence-corrected chi connectivity index (χ1v) is 6.06. The number of hydrogen-bond acceptors (Lipinski definition) is 2. The minimum Gasteiger partial charge on any atom is -0.481 e. The summed E-state index contributed by atoms with van der Waals surface area (Å²) in [6, 6.07) is 9.76. The number of halogens is 1. The Labute approximate surface area is 102 Å². The van der Waals surface area contributed by atoms with Gasteiger partial charge in [-0.2, -0.15) is 0 Å². The van der Waals surface area contributed by atoms with Gasteiger partial charge in [0.25, 0.3) is 0 Å². The highest BCUT2D eigenvalue weighted by molar-refractivity contribution is 7.09. The van der Waals surface area contributed by atoms with E-state index < -0.39 is 17.7 Å². The molecule has 0 saturated heterocycles. The van der Waals surface area contributed by atoms with Crippen LogP contribution in [0, 0.1) is 5.82 Å². The standard InChI is InChI=1S/C13H11FO2S/c14-12-6-2-1-5-10(12)11(13(15)16)8-9-4-3-7-17-9/h1-7,11H,8H2,(H,15,16). The van der Waals surface area contributed by atoms with Crippen molar-refractivity contribution in [2.24, 2.45) is 0 Å². The molecule has 2 rings (SSSR count). The summed E-state index contributed by atoms with van der Waals surface area (Å²) in [5.74, 6) is -2.28. The molecule has 0 bridgehead atoms. The van der Waals surface area contributed by atoms with Gasteiger partial charge in [0.05, 0.1) is 5.92 Å². The predicted molar refractivity (Wildman–Crippen MR) is 64.8 cm³/mol. The smallest absolute Gasteiger partial charge is 0.311 e. The molecule has 1 atom stereocenters. The van der Waals surface area contributed by atoms with Crippen molar-refractivity contribution in [2.75, 3.05) is 0 Å². The van der Waals surface area contributed by atoms with Gasteiger partial charge in [-0.05, 0) is 23.9 Å². The van der Waals surface area contributed by atoms with Crippen LogP contribution in [0.2, 0.25) is 0 Å². The van der Waals surface area contributed by atoms with Crippen LogP contribution in [0.3, 0.4) is 0 Å². The Morgan fingerprint density at radius 1 is 1.29 bits per heavy atom. The monoisotopic (exact) mass is 250 g/mol. The molecule has 0 aliphatic carbocycles. The van der Waals surface area contributed by atoms with Crippen molar-refractivity contribution in [3.63, 3.8) is 0 Å². The highest BCUT2D eigenvalue weighted by Crippen LogP contribution is 2.25. The number of carboxylic acid groups (broad SMARTS) is 1. The van der Waals surface area contributed by atoms with Gasteiger partial charge in [-0.1, -0.05) is 24.3 Å². The van der Waals surface area contributed by atoms with E-state index in [1.165, 1.54) is 23.5 Å². The molecule has 17 heavy (non-hydrogen) atoms. The molecule has 2 aromatic rings. The first-order chi connectivity index (χ1) is 8.18. The number of thiophene rings is 1. The van der Waals surface area contributed by atoms with Crippen LogP contribution in [0.15, 0.2) is 41.8 Å². The average molecular weight is 250 g/mol. The van der Waals surface area contributed by atoms with Crippen LogP contribution in [-0.4, -0.2) is 11.1 Å². The van der Waals surface area contributed by atoms with Gasteiger partial charge in [0.15, 0.2) is 0 Å². The molecule has 0 radical (unpaired) electrons. The fourth-order valence-corrected chi connectivity index (χ4v) is 2.47. The number of benzene rings is 1. The Kier molecular flexibility index (Phi) is 3.54. The molecule has 1 N–H and O–H groups in total. The minimum atomic E-state index is -0.997. The maximum Gasteiger partial charge on any atom is 0.311 e. The quantitative estimate of drug-likeness (QED) is 0.904. The molecule has 0 spiro atoms. The molecular formula is C13H11FO2S. The Morgan fingerprint density at radius 2 is 2.06 bits per heavy atom. The lowest BCUT2D eigenvalue weighted by Gasteiger charge is -2.12. The van der Waals surface area contributed by atoms with Crippen LogP contribution >= 0.6 is 11.3 Å². The maximum absolute atomic E-state index is 13.6. The van der Waals surface area contributed by atoms with Crippen LogP contribution in [-0.2, 0) is 11.2 Å². The predicted octanol–water partition coefficient (Wildman–Crippen LogP) is 3.30. The Bertz CT molecular complexity index is 508. The van der Waals surface area contributed by atoms with Gasteiger partial charge in [-0.15, -0.1) is 11.3 Å². The molecule has 1 heterocycles. The van der Waals surface area contributed by atoms with E-state index in [1.807, 2.05) is 17.5 Å². The topological polar surface area (TPSA) is 37.3 Å². The van der Waals surface area contributed by atoms with Crippen molar-refractivity contribution in [3.05, 3.63) is 58.0 Å². The third-order valence-electron chi connectivity index (χ3n) is 2.56. The van der Waals surface area contributed by atoms with E-state index in [2.05, 4.69) is 0 Å². The van der Waals surface area contributed by atoms with Crippen molar-refractivity contribution < 1.29 is 14.3 Å². The van der Waals surface area contributed by atoms with E-state index in [0.29, 0.717) is 6.42 Å². The van der Waals surface area contributed by atoms with E-state index in [0.717, 1.165) is 4.88 Å². The van der Waals surface area contributed by atoms with Gasteiger partial charge in [0.2, 0.25) is 0 Å². The van der Waals surface area contributed by atoms with Gasteiger partial charge in [0, 0.05) is 10.4 Å². The largest absolute Gasteiger partial charge is 0.481 e. The summed E-state index contributed by atoms with van der Waals surface area (Å²) < 4.78 is 13.6. The Hall–Kier alpha value is -1.68. The number of hydrogen-bond donors (Lipinski definition) is 1. The second-order valence-corrected chi connectivity index (χ2v) is 4.73. The molecule has 88 valence electrons. The van der Waals surface area contributed by atoms with Crippen molar-refractivity contribution in [1.82, 2.24) is 0 Å². The highest BCUT2D eigenvalue weighted by atomic mass is 32.1. The molecular weight excluding hydrogens is 239 g/mol. The van der Waals surface area contributed by atoms with Crippen LogP contribution in [0.1, 0.15) is 16.4 Å². The SMILES string of the molecule is O=C(O)C(Cc1cccs1)c1ccccc1F. The first kappa shape index (κ1) is 11.8. The zero-order valence-corrected chi connectivity index (χ0v) is 9.78. The second-order valence-electron chi connectivity index (χ2n) is 3.70. The zero-order chi connectivity index (χ0) is 12.3. The van der Waals surface area contributed by atoms with E-state index in [-0.39, 0.29) is 5.56 Å². The number of aliphatic carboxylic acids is 1. The number of rotatable bonds is 4. The van der Waals surface area contributed by atoms with Crippen LogP contribution < -0.4 is 0 Å². The zero-order valence-electron chi connectivity index (χ0n) is 8.97. The molecule has 0 aliphatic heterocycles. The van der Waals surface area contributed by atoms with Gasteiger partial charge < -0.3 is 5.11 Å². The molecule has 0 saturated carbocycles. The third kappa shape index (κ3) is 2.71. The van der Waals surface area contributed by atoms with E-state index >= 15 is 0 Å². The van der Waals surface area contributed by atoms with E-state index in [1.54, 1.807) is 12.1 Å². The summed E-state index contributed by atoms with van der Waals surface area (Å²) in [5.41, 5.74) is 0.244. The summed E-state index contributed by atoms with van der Waals surface area (Å²) in [6.07, 6.45) is 0.327. The maximum atomic E-state index is 13.6. The van der Waals surface area contributed by atoms with Crippen molar-refractivity contribution in [2.45, 2.75) is 12.3 Å². The van der Waals surface area contributed by atoms with Crippen molar-refractivity contribution >= 4 is 17.3 Å². The molecule has 0 aliphatic rings. The van der Waals surface area contributed by atoms with E-state index in [4.69, 9.17) is 0 Å². The fraction of sp³-hybridized carbons (Fsp3) is 0.154. The third-order valence-corrected chi connectivity index (χ3v) is 3.46. The lowest BCUT2D eigenvalue weighted by Crippen LogP contribution is -2.15. The summed E-state index contributed by atoms with van der Waals surface area (Å²) >= 11 is 1.48. The summed E-state index contributed by atoms with van der Waals surface area (Å²) in [6.45, 7) is 0. The molecule has 1 unspecified atom stereocenters. The number of carboxylic acids is 1. The van der Waals surface area contributed by atoms with Gasteiger partial charge >= 0.3 is 5.97 Å². The summed E-state index contributed by atoms with van der Waals surface area (Å²) in [7, 11) is 0. The molecule has 4 heteroatoms. The molecule has 0 fully saturated rings. The molecule has 1 aromatic carbocycles. The number of carbonyl (C=O) groups is 1. The summed E-state index contributed by atoms with van der Waals surface area (Å²) in [4.78, 5) is 12.2. The van der Waals surface area contributed by atoms with Crippen LogP contribution in [0.4, 0.5) is 4.39 Å². The van der Waals surface area contributed by atoms with Gasteiger partial charge in [-0.25, -0.2) is 4.39 Å². The Balaban J connectivity index is 2.30. The Morgan fingerprint density at radius 3 is 2.65 bits per heavy atom. The molecule has 0 amide bonds. The molecule has 1 aromatic heterocycles. The summed E-state index contributed by atoms with van der Waals surface area (Å²) in [5, 5.41) is 11.1. The lowest BCUT2D eigenvalue weighted by molar-refractivity contribution is -0.138. The first-order valence-electron chi connectivity index (χ1n) is 5.18. The highest BCUT2D eigenvalue weighted by Gasteiger charge is 2.23. The second kappa shape index (κ2) is 5.10.